The summed E-state index contributed by atoms with van der Waals surface area (Å²) in [6.07, 6.45) is 17.6. The van der Waals surface area contributed by atoms with Gasteiger partial charge in [0, 0.05) is 5.25 Å². The maximum atomic E-state index is 11.6. The molecule has 0 amide bonds. The smallest absolute Gasteiger partial charge is 0.322 e. The molecule has 1 aliphatic rings. The van der Waals surface area contributed by atoms with Crippen molar-refractivity contribution in [3.63, 3.8) is 0 Å². The van der Waals surface area contributed by atoms with Crippen LogP contribution in [0.5, 0.6) is 0 Å². The zero-order valence-corrected chi connectivity index (χ0v) is 18.2. The zero-order chi connectivity index (χ0) is 17.7. The first-order chi connectivity index (χ1) is 11.5. The summed E-state index contributed by atoms with van der Waals surface area (Å²) in [4.78, 5) is 11.6. The van der Waals surface area contributed by atoms with Crippen LogP contribution in [0.1, 0.15) is 97.3 Å². The third kappa shape index (κ3) is 11.8. The second-order valence-electron chi connectivity index (χ2n) is 7.57. The van der Waals surface area contributed by atoms with Crippen LogP contribution < -0.4 is 0 Å². The van der Waals surface area contributed by atoms with E-state index < -0.39 is 4.32 Å². The molecule has 0 heterocycles. The summed E-state index contributed by atoms with van der Waals surface area (Å²) in [5, 5.41) is 0.991. The number of rotatable bonds is 14. The first kappa shape index (κ1) is 22.3. The number of carbonyl (C=O) groups excluding carboxylic acids is 1. The van der Waals surface area contributed by atoms with Crippen LogP contribution in [0.3, 0.4) is 0 Å². The minimum Gasteiger partial charge on any atom is -0.465 e. The van der Waals surface area contributed by atoms with Gasteiger partial charge >= 0.3 is 5.97 Å². The number of hydrogen-bond acceptors (Lipinski definition) is 3. The topological polar surface area (TPSA) is 26.3 Å². The van der Waals surface area contributed by atoms with Gasteiger partial charge in [-0.2, -0.15) is 11.8 Å². The van der Waals surface area contributed by atoms with Gasteiger partial charge in [0.25, 0.3) is 0 Å². The van der Waals surface area contributed by atoms with Crippen LogP contribution in [0.2, 0.25) is 0 Å². The number of unbranched alkanes of at least 4 members (excludes halogenated alkanes) is 8. The molecule has 0 unspecified atom stereocenters. The number of thioether (sulfide) groups is 1. The largest absolute Gasteiger partial charge is 0.465 e. The van der Waals surface area contributed by atoms with Crippen molar-refractivity contribution in [2.24, 2.45) is 0 Å². The number of hydrogen-bond donors (Lipinski definition) is 0. The van der Waals surface area contributed by atoms with Gasteiger partial charge in [0.15, 0.2) is 0 Å². The lowest BCUT2D eigenvalue weighted by molar-refractivity contribution is -0.145. The van der Waals surface area contributed by atoms with Gasteiger partial charge < -0.3 is 4.74 Å². The highest BCUT2D eigenvalue weighted by atomic mass is 79.9. The van der Waals surface area contributed by atoms with Gasteiger partial charge in [0.1, 0.15) is 4.32 Å². The average molecular weight is 421 g/mol. The van der Waals surface area contributed by atoms with Crippen LogP contribution in [0.15, 0.2) is 0 Å². The molecule has 0 spiro atoms. The summed E-state index contributed by atoms with van der Waals surface area (Å²) in [5.74, 6) is 1.22. The van der Waals surface area contributed by atoms with Gasteiger partial charge in [-0.25, -0.2) is 0 Å². The summed E-state index contributed by atoms with van der Waals surface area (Å²) >= 11 is 5.55. The summed E-state index contributed by atoms with van der Waals surface area (Å²) < 4.78 is 4.69. The number of ether oxygens (including phenoxy) is 1. The molecule has 142 valence electrons. The monoisotopic (exact) mass is 420 g/mol. The van der Waals surface area contributed by atoms with Crippen molar-refractivity contribution in [2.45, 2.75) is 107 Å². The number of esters is 1. The Morgan fingerprint density at radius 3 is 2.00 bits per heavy atom. The first-order valence-corrected chi connectivity index (χ1v) is 11.8. The minimum atomic E-state index is -0.553. The number of alkyl halides is 1. The Kier molecular flexibility index (Phi) is 12.6. The Morgan fingerprint density at radius 2 is 1.46 bits per heavy atom. The SMILES string of the molecule is CC(C)(Br)C(=O)OCCCCCCCCCCCSC1CCCC1. The van der Waals surface area contributed by atoms with Crippen molar-refractivity contribution in [1.29, 1.82) is 0 Å². The van der Waals surface area contributed by atoms with E-state index in [1.54, 1.807) is 0 Å². The lowest BCUT2D eigenvalue weighted by atomic mass is 10.1. The summed E-state index contributed by atoms with van der Waals surface area (Å²) in [6, 6.07) is 0. The van der Waals surface area contributed by atoms with E-state index in [0.29, 0.717) is 6.61 Å². The van der Waals surface area contributed by atoms with Gasteiger partial charge in [0.2, 0.25) is 0 Å². The van der Waals surface area contributed by atoms with E-state index in [1.807, 2.05) is 13.8 Å². The molecule has 0 atom stereocenters. The second-order valence-corrected chi connectivity index (χ2v) is 11.0. The van der Waals surface area contributed by atoms with Crippen LogP contribution in [-0.4, -0.2) is 27.9 Å². The highest BCUT2D eigenvalue weighted by Crippen LogP contribution is 2.30. The maximum absolute atomic E-state index is 11.6. The summed E-state index contributed by atoms with van der Waals surface area (Å²) in [5.41, 5.74) is 0. The van der Waals surface area contributed by atoms with Crippen molar-refractivity contribution in [3.8, 4) is 0 Å². The standard InChI is InChI=1S/C20H37BrO2S/c1-20(2,21)19(22)23-16-12-8-6-4-3-5-7-9-13-17-24-18-14-10-11-15-18/h18H,3-17H2,1-2H3. The van der Waals surface area contributed by atoms with E-state index in [1.165, 1.54) is 82.8 Å². The highest BCUT2D eigenvalue weighted by molar-refractivity contribution is 9.10. The molecule has 0 N–H and O–H groups in total. The highest BCUT2D eigenvalue weighted by Gasteiger charge is 2.24. The average Bonchev–Trinajstić information content (AvgIpc) is 3.04. The van der Waals surface area contributed by atoms with E-state index in [9.17, 15) is 4.79 Å². The lowest BCUT2D eigenvalue weighted by Gasteiger charge is -2.14. The van der Waals surface area contributed by atoms with Crippen LogP contribution in [0.25, 0.3) is 0 Å². The Balaban J connectivity index is 1.74. The van der Waals surface area contributed by atoms with Gasteiger partial charge in [-0.15, -0.1) is 0 Å². The van der Waals surface area contributed by atoms with Crippen LogP contribution in [0, 0.1) is 0 Å². The molecule has 1 aliphatic carbocycles. The van der Waals surface area contributed by atoms with Crippen LogP contribution >= 0.6 is 27.7 Å². The van der Waals surface area contributed by atoms with E-state index in [2.05, 4.69) is 27.7 Å². The third-order valence-electron chi connectivity index (χ3n) is 4.66. The summed E-state index contributed by atoms with van der Waals surface area (Å²) in [6.45, 7) is 4.21. The quantitative estimate of drug-likeness (QED) is 0.174. The predicted molar refractivity (Wildman–Crippen MR) is 110 cm³/mol. The maximum Gasteiger partial charge on any atom is 0.322 e. The molecule has 2 nitrogen and oxygen atoms in total. The van der Waals surface area contributed by atoms with Crippen molar-refractivity contribution in [3.05, 3.63) is 0 Å². The molecule has 0 saturated heterocycles. The molecule has 24 heavy (non-hydrogen) atoms. The fourth-order valence-electron chi connectivity index (χ4n) is 3.08. The first-order valence-electron chi connectivity index (χ1n) is 9.98. The number of halogens is 1. The van der Waals surface area contributed by atoms with E-state index in [0.717, 1.165) is 11.7 Å². The Bertz CT molecular complexity index is 322. The van der Waals surface area contributed by atoms with E-state index >= 15 is 0 Å². The molecular formula is C20H37BrO2S. The molecule has 0 radical (unpaired) electrons. The molecule has 1 saturated carbocycles. The van der Waals surface area contributed by atoms with Crippen LogP contribution in [0.4, 0.5) is 0 Å². The van der Waals surface area contributed by atoms with Crippen molar-refractivity contribution in [1.82, 2.24) is 0 Å². The zero-order valence-electron chi connectivity index (χ0n) is 15.8. The molecule has 1 fully saturated rings. The van der Waals surface area contributed by atoms with Gasteiger partial charge in [0.05, 0.1) is 6.61 Å². The fraction of sp³-hybridized carbons (Fsp3) is 0.950. The van der Waals surface area contributed by atoms with E-state index in [-0.39, 0.29) is 5.97 Å². The Labute approximate surface area is 162 Å². The normalized spacial score (nSPS) is 15.8. The fourth-order valence-corrected chi connectivity index (χ4v) is 4.57. The molecule has 0 aromatic rings. The van der Waals surface area contributed by atoms with Crippen molar-refractivity contribution < 1.29 is 9.53 Å². The molecule has 0 aromatic carbocycles. The number of carbonyl (C=O) groups is 1. The van der Waals surface area contributed by atoms with Gasteiger partial charge in [-0.05, 0) is 45.3 Å². The van der Waals surface area contributed by atoms with Gasteiger partial charge in [-0.3, -0.25) is 4.79 Å². The third-order valence-corrected chi connectivity index (χ3v) is 6.45. The van der Waals surface area contributed by atoms with Gasteiger partial charge in [-0.1, -0.05) is 73.7 Å². The van der Waals surface area contributed by atoms with Crippen molar-refractivity contribution >= 4 is 33.7 Å². The molecule has 0 aliphatic heterocycles. The molecule has 4 heteroatoms. The molecule has 1 rings (SSSR count). The molecule has 0 aromatic heterocycles. The Hall–Kier alpha value is 0.300. The summed E-state index contributed by atoms with van der Waals surface area (Å²) in [7, 11) is 0. The molecule has 0 bridgehead atoms. The Morgan fingerprint density at radius 1 is 0.958 bits per heavy atom. The lowest BCUT2D eigenvalue weighted by Crippen LogP contribution is -2.26. The predicted octanol–water partition coefficient (Wildman–Crippen LogP) is 6.89. The minimum absolute atomic E-state index is 0.159. The second kappa shape index (κ2) is 13.5. The van der Waals surface area contributed by atoms with Crippen molar-refractivity contribution in [2.75, 3.05) is 12.4 Å². The van der Waals surface area contributed by atoms with Crippen LogP contribution in [-0.2, 0) is 9.53 Å². The molecular weight excluding hydrogens is 384 g/mol. The van der Waals surface area contributed by atoms with E-state index in [4.69, 9.17) is 4.74 Å².